The smallest absolute Gasteiger partial charge is 0.351 e. The Bertz CT molecular complexity index is 930. The van der Waals surface area contributed by atoms with Gasteiger partial charge in [0, 0.05) is 12.0 Å². The first-order chi connectivity index (χ1) is 13.6. The highest BCUT2D eigenvalue weighted by atomic mass is 16.3. The van der Waals surface area contributed by atoms with Crippen LogP contribution in [0.1, 0.15) is 64.6 Å². The Balaban J connectivity index is 1.65. The predicted octanol–water partition coefficient (Wildman–Crippen LogP) is 2.79. The molecule has 0 aromatic carbocycles. The van der Waals surface area contributed by atoms with Gasteiger partial charge in [-0.2, -0.15) is 4.98 Å². The third kappa shape index (κ3) is 2.55. The number of anilines is 1. The van der Waals surface area contributed by atoms with Crippen molar-refractivity contribution < 1.29 is 5.11 Å². The minimum Gasteiger partial charge on any atom is -0.394 e. The summed E-state index contributed by atoms with van der Waals surface area (Å²) in [6.07, 6.45) is 8.14. The molecular weight excluding hydrogens is 354 g/mol. The lowest BCUT2D eigenvalue weighted by Crippen LogP contribution is -2.29. The second-order valence-electron chi connectivity index (χ2n) is 9.31. The van der Waals surface area contributed by atoms with Crippen molar-refractivity contribution in [2.75, 3.05) is 11.9 Å². The lowest BCUT2D eigenvalue weighted by molar-refractivity contribution is 0.262. The van der Waals surface area contributed by atoms with Crippen molar-refractivity contribution in [3.05, 3.63) is 16.3 Å². The van der Waals surface area contributed by atoms with Crippen LogP contribution in [0.25, 0.3) is 11.2 Å². The van der Waals surface area contributed by atoms with Crippen LogP contribution in [0.4, 0.5) is 5.82 Å². The highest BCUT2D eigenvalue weighted by Gasteiger charge is 2.59. The first-order valence-corrected chi connectivity index (χ1v) is 11.0. The van der Waals surface area contributed by atoms with Crippen molar-refractivity contribution in [2.24, 2.45) is 17.8 Å². The number of aliphatic hydroxyl groups excluding tert-OH is 1. The maximum atomic E-state index is 12.7. The number of H-pyrrole nitrogens is 1. The van der Waals surface area contributed by atoms with Crippen LogP contribution in [0.15, 0.2) is 4.79 Å². The van der Waals surface area contributed by atoms with Gasteiger partial charge in [-0.25, -0.2) is 9.78 Å². The van der Waals surface area contributed by atoms with E-state index in [9.17, 15) is 9.90 Å². The minimum absolute atomic E-state index is 0.00802. The SMILES string of the molecule is CCCn1c(=O)nc(NC(CC)CO)c2[nH]c(C34CC5CC(CC3C5)C4)nc21. The maximum absolute atomic E-state index is 12.7. The zero-order valence-electron chi connectivity index (χ0n) is 16.9. The number of nitrogens with zero attached hydrogens (tertiary/aromatic N) is 3. The van der Waals surface area contributed by atoms with E-state index in [1.165, 1.54) is 32.1 Å². The third-order valence-electron chi connectivity index (χ3n) is 7.58. The molecule has 3 atom stereocenters. The van der Waals surface area contributed by atoms with E-state index in [2.05, 4.69) is 22.2 Å². The zero-order chi connectivity index (χ0) is 19.5. The standard InChI is InChI=1S/C21H31N5O2/c1-3-5-26-18-16(17(24-20(26)28)22-15(4-2)11-27)23-19(25-18)21-9-12-6-13(10-21)8-14(21)7-12/h12-15,27H,3-11H2,1-2H3,(H,23,25)(H,22,24,28). The van der Waals surface area contributed by atoms with E-state index in [1.54, 1.807) is 4.57 Å². The Morgan fingerprint density at radius 1 is 1.25 bits per heavy atom. The molecule has 3 unspecified atom stereocenters. The normalized spacial score (nSPS) is 31.8. The van der Waals surface area contributed by atoms with Gasteiger partial charge in [0.25, 0.3) is 0 Å². The van der Waals surface area contributed by atoms with Crippen molar-refractivity contribution in [1.29, 1.82) is 0 Å². The second kappa shape index (κ2) is 6.58. The fourth-order valence-corrected chi connectivity index (χ4v) is 6.45. The summed E-state index contributed by atoms with van der Waals surface area (Å²) in [5.41, 5.74) is 1.43. The molecule has 0 saturated heterocycles. The summed E-state index contributed by atoms with van der Waals surface area (Å²) < 4.78 is 1.71. The summed E-state index contributed by atoms with van der Waals surface area (Å²) in [6, 6.07) is -0.125. The van der Waals surface area contributed by atoms with E-state index >= 15 is 0 Å². The van der Waals surface area contributed by atoms with Gasteiger partial charge in [0.05, 0.1) is 12.6 Å². The van der Waals surface area contributed by atoms with E-state index < -0.39 is 0 Å². The molecule has 4 saturated carbocycles. The first-order valence-electron chi connectivity index (χ1n) is 11.0. The van der Waals surface area contributed by atoms with Crippen LogP contribution in [0.5, 0.6) is 0 Å². The van der Waals surface area contributed by atoms with Gasteiger partial charge in [0.15, 0.2) is 11.5 Å². The average Bonchev–Trinajstić information content (AvgIpc) is 3.30. The number of nitrogens with one attached hydrogen (secondary N) is 2. The van der Waals surface area contributed by atoms with Crippen LogP contribution in [-0.2, 0) is 12.0 Å². The molecule has 6 rings (SSSR count). The van der Waals surface area contributed by atoms with E-state index in [-0.39, 0.29) is 23.8 Å². The van der Waals surface area contributed by atoms with Crippen LogP contribution >= 0.6 is 0 Å². The number of aromatic nitrogens is 4. The first kappa shape index (κ1) is 18.2. The van der Waals surface area contributed by atoms with Crippen LogP contribution in [0, 0.1) is 17.8 Å². The van der Waals surface area contributed by atoms with E-state index in [0.717, 1.165) is 41.9 Å². The molecule has 0 amide bonds. The Morgan fingerprint density at radius 2 is 2.00 bits per heavy atom. The van der Waals surface area contributed by atoms with Crippen molar-refractivity contribution in [2.45, 2.75) is 76.8 Å². The van der Waals surface area contributed by atoms with Gasteiger partial charge in [-0.1, -0.05) is 13.8 Å². The molecule has 4 bridgehead atoms. The topological polar surface area (TPSA) is 95.8 Å². The third-order valence-corrected chi connectivity index (χ3v) is 7.58. The fourth-order valence-electron chi connectivity index (χ4n) is 6.45. The monoisotopic (exact) mass is 385 g/mol. The molecule has 2 heterocycles. The van der Waals surface area contributed by atoms with Crippen molar-refractivity contribution in [1.82, 2.24) is 19.5 Å². The van der Waals surface area contributed by atoms with Gasteiger partial charge >= 0.3 is 5.69 Å². The largest absolute Gasteiger partial charge is 0.394 e. The average molecular weight is 386 g/mol. The number of rotatable bonds is 7. The molecule has 2 aromatic rings. The molecule has 3 N–H and O–H groups in total. The van der Waals surface area contributed by atoms with E-state index in [1.807, 2.05) is 6.92 Å². The number of hydrogen-bond donors (Lipinski definition) is 3. The van der Waals surface area contributed by atoms with Gasteiger partial charge in [-0.15, -0.1) is 0 Å². The van der Waals surface area contributed by atoms with Crippen LogP contribution in [-0.4, -0.2) is 37.3 Å². The fraction of sp³-hybridized carbons (Fsp3) is 0.762. The predicted molar refractivity (Wildman–Crippen MR) is 108 cm³/mol. The number of fused-ring (bicyclic) bond motifs is 1. The van der Waals surface area contributed by atoms with Crippen LogP contribution in [0.3, 0.4) is 0 Å². The minimum atomic E-state index is -0.266. The Morgan fingerprint density at radius 3 is 2.64 bits per heavy atom. The maximum Gasteiger partial charge on any atom is 0.351 e. The number of aromatic amines is 1. The second-order valence-corrected chi connectivity index (χ2v) is 9.31. The van der Waals surface area contributed by atoms with Crippen molar-refractivity contribution in [3.63, 3.8) is 0 Å². The Hall–Kier alpha value is -1.89. The quantitative estimate of drug-likeness (QED) is 0.681. The van der Waals surface area contributed by atoms with Crippen LogP contribution < -0.4 is 11.0 Å². The molecule has 4 aliphatic carbocycles. The van der Waals surface area contributed by atoms with Gasteiger partial charge in [-0.05, 0) is 62.7 Å². The molecular formula is C21H31N5O2. The van der Waals surface area contributed by atoms with E-state index in [4.69, 9.17) is 4.98 Å². The molecule has 0 spiro atoms. The molecule has 4 aliphatic rings. The summed E-state index contributed by atoms with van der Waals surface area (Å²) >= 11 is 0. The number of hydrogen-bond acceptors (Lipinski definition) is 5. The molecule has 0 radical (unpaired) electrons. The lowest BCUT2D eigenvalue weighted by Gasteiger charge is -2.30. The van der Waals surface area contributed by atoms with E-state index in [0.29, 0.717) is 18.0 Å². The Kier molecular flexibility index (Phi) is 4.27. The molecule has 7 nitrogen and oxygen atoms in total. The molecule has 7 heteroatoms. The summed E-state index contributed by atoms with van der Waals surface area (Å²) in [5, 5.41) is 12.9. The number of aliphatic hydroxyl groups is 1. The number of aryl methyl sites for hydroxylation is 1. The van der Waals surface area contributed by atoms with Gasteiger partial charge in [0.2, 0.25) is 0 Å². The van der Waals surface area contributed by atoms with Gasteiger partial charge < -0.3 is 15.4 Å². The van der Waals surface area contributed by atoms with Gasteiger partial charge in [-0.3, -0.25) is 4.57 Å². The van der Waals surface area contributed by atoms with Crippen molar-refractivity contribution >= 4 is 17.0 Å². The summed E-state index contributed by atoms with van der Waals surface area (Å²) in [4.78, 5) is 25.7. The summed E-state index contributed by atoms with van der Waals surface area (Å²) in [5.74, 6) is 4.01. The van der Waals surface area contributed by atoms with Gasteiger partial charge in [0.1, 0.15) is 11.3 Å². The molecule has 28 heavy (non-hydrogen) atoms. The number of imidazole rings is 1. The summed E-state index contributed by atoms with van der Waals surface area (Å²) in [6.45, 7) is 4.70. The lowest BCUT2D eigenvalue weighted by atomic mass is 9.75. The van der Waals surface area contributed by atoms with Crippen molar-refractivity contribution in [3.8, 4) is 0 Å². The van der Waals surface area contributed by atoms with Crippen LogP contribution in [0.2, 0.25) is 0 Å². The Labute approximate surface area is 165 Å². The zero-order valence-corrected chi connectivity index (χ0v) is 16.9. The highest BCUT2D eigenvalue weighted by molar-refractivity contribution is 5.83. The highest BCUT2D eigenvalue weighted by Crippen LogP contribution is 2.65. The molecule has 0 aliphatic heterocycles. The summed E-state index contributed by atoms with van der Waals surface area (Å²) in [7, 11) is 0. The molecule has 4 fully saturated rings. The molecule has 2 aromatic heterocycles. The molecule has 152 valence electrons.